The number of aryl methyl sites for hydroxylation is 1. The number of hydrogen-bond donors (Lipinski definition) is 1. The number of nitro groups is 1. The van der Waals surface area contributed by atoms with Crippen molar-refractivity contribution in [1.82, 2.24) is 5.43 Å². The van der Waals surface area contributed by atoms with E-state index >= 15 is 0 Å². The number of amides is 2. The molecular weight excluding hydrogens is 408 g/mol. The van der Waals surface area contributed by atoms with Gasteiger partial charge in [-0.25, -0.2) is 5.01 Å². The third kappa shape index (κ3) is 4.21. The van der Waals surface area contributed by atoms with Crippen molar-refractivity contribution in [2.24, 2.45) is 5.92 Å². The number of anilines is 2. The summed E-state index contributed by atoms with van der Waals surface area (Å²) in [5.74, 6) is -0.412. The van der Waals surface area contributed by atoms with Gasteiger partial charge in [-0.1, -0.05) is 32.0 Å². The van der Waals surface area contributed by atoms with E-state index in [4.69, 9.17) is 0 Å². The van der Waals surface area contributed by atoms with Gasteiger partial charge in [-0.15, -0.1) is 0 Å². The first-order chi connectivity index (χ1) is 15.4. The molecule has 0 aromatic heterocycles. The molecule has 2 heterocycles. The van der Waals surface area contributed by atoms with Crippen LogP contribution in [0.5, 0.6) is 0 Å². The largest absolute Gasteiger partial charge is 0.366 e. The van der Waals surface area contributed by atoms with Gasteiger partial charge in [-0.05, 0) is 60.6 Å². The van der Waals surface area contributed by atoms with Crippen LogP contribution in [0.2, 0.25) is 0 Å². The van der Waals surface area contributed by atoms with Gasteiger partial charge in [0, 0.05) is 19.2 Å². The van der Waals surface area contributed by atoms with Crippen LogP contribution in [0.4, 0.5) is 17.1 Å². The summed E-state index contributed by atoms with van der Waals surface area (Å²) in [7, 11) is 0. The Morgan fingerprint density at radius 3 is 2.44 bits per heavy atom. The minimum absolute atomic E-state index is 0.0215. The van der Waals surface area contributed by atoms with Crippen LogP contribution in [0.15, 0.2) is 48.0 Å². The van der Waals surface area contributed by atoms with Crippen molar-refractivity contribution < 1.29 is 14.5 Å². The van der Waals surface area contributed by atoms with Crippen LogP contribution in [0.1, 0.15) is 37.8 Å². The minimum atomic E-state index is -0.536. The Hall–Kier alpha value is -3.68. The van der Waals surface area contributed by atoms with Crippen LogP contribution in [-0.4, -0.2) is 29.8 Å². The number of rotatable bonds is 5. The monoisotopic (exact) mass is 434 g/mol. The maximum atomic E-state index is 12.9. The highest BCUT2D eigenvalue weighted by molar-refractivity contribution is 6.31. The molecule has 0 unspecified atom stereocenters. The Morgan fingerprint density at radius 1 is 1.12 bits per heavy atom. The SMILES string of the molecule is CCc1ccc(N2NC(=O)C(=Cc3ccc(N4CCC(C)CC4)c([N+](=O)[O-])c3)C2=O)cc1. The summed E-state index contributed by atoms with van der Waals surface area (Å²) in [6.07, 6.45) is 4.27. The first kappa shape index (κ1) is 21.5. The molecule has 0 spiro atoms. The molecule has 2 saturated heterocycles. The second-order valence-corrected chi connectivity index (χ2v) is 8.33. The smallest absolute Gasteiger partial charge is 0.293 e. The average Bonchev–Trinajstić information content (AvgIpc) is 3.08. The third-order valence-electron chi connectivity index (χ3n) is 6.13. The van der Waals surface area contributed by atoms with E-state index in [0.717, 1.165) is 37.9 Å². The molecule has 32 heavy (non-hydrogen) atoms. The molecule has 1 N–H and O–H groups in total. The summed E-state index contributed by atoms with van der Waals surface area (Å²) in [5, 5.41) is 12.9. The van der Waals surface area contributed by atoms with E-state index in [-0.39, 0.29) is 11.3 Å². The maximum Gasteiger partial charge on any atom is 0.293 e. The molecule has 0 bridgehead atoms. The van der Waals surface area contributed by atoms with Gasteiger partial charge in [-0.2, -0.15) is 0 Å². The topological polar surface area (TPSA) is 95.8 Å². The highest BCUT2D eigenvalue weighted by Crippen LogP contribution is 2.33. The van der Waals surface area contributed by atoms with Crippen molar-refractivity contribution in [2.75, 3.05) is 23.0 Å². The Bertz CT molecular complexity index is 1090. The lowest BCUT2D eigenvalue weighted by atomic mass is 9.98. The molecule has 2 aromatic rings. The zero-order chi connectivity index (χ0) is 22.8. The highest BCUT2D eigenvalue weighted by Gasteiger charge is 2.34. The number of hydrazine groups is 1. The second-order valence-electron chi connectivity index (χ2n) is 8.33. The molecule has 2 fully saturated rings. The van der Waals surface area contributed by atoms with E-state index in [1.165, 1.54) is 17.2 Å². The number of benzene rings is 2. The Kier molecular flexibility index (Phi) is 5.94. The predicted molar refractivity (Wildman–Crippen MR) is 123 cm³/mol. The van der Waals surface area contributed by atoms with Crippen LogP contribution in [-0.2, 0) is 16.0 Å². The predicted octanol–water partition coefficient (Wildman–Crippen LogP) is 3.85. The molecule has 0 radical (unpaired) electrons. The number of piperidine rings is 1. The van der Waals surface area contributed by atoms with Crippen molar-refractivity contribution in [2.45, 2.75) is 33.1 Å². The van der Waals surface area contributed by atoms with Crippen molar-refractivity contribution in [3.05, 3.63) is 69.3 Å². The lowest BCUT2D eigenvalue weighted by molar-refractivity contribution is -0.384. The number of hydrogen-bond acceptors (Lipinski definition) is 5. The molecule has 2 amide bonds. The average molecular weight is 434 g/mol. The maximum absolute atomic E-state index is 12.9. The number of nitrogens with one attached hydrogen (secondary N) is 1. The van der Waals surface area contributed by atoms with Crippen molar-refractivity contribution >= 4 is 35.0 Å². The van der Waals surface area contributed by atoms with Crippen molar-refractivity contribution in [1.29, 1.82) is 0 Å². The molecule has 166 valence electrons. The van der Waals surface area contributed by atoms with E-state index in [1.54, 1.807) is 24.3 Å². The molecule has 0 atom stereocenters. The van der Waals surface area contributed by atoms with E-state index in [0.29, 0.717) is 22.9 Å². The standard InChI is InChI=1S/C24H26N4O4/c1-3-17-4-7-19(8-5-17)27-24(30)20(23(29)25-27)14-18-6-9-21(22(15-18)28(31)32)26-12-10-16(2)11-13-26/h4-9,14-16H,3,10-13H2,1-2H3,(H,25,29). The zero-order valence-corrected chi connectivity index (χ0v) is 18.2. The first-order valence-corrected chi connectivity index (χ1v) is 10.9. The van der Waals surface area contributed by atoms with E-state index in [9.17, 15) is 19.7 Å². The number of carbonyl (C=O) groups excluding carboxylic acids is 2. The van der Waals surface area contributed by atoms with Gasteiger partial charge < -0.3 is 4.90 Å². The molecule has 8 nitrogen and oxygen atoms in total. The van der Waals surface area contributed by atoms with Crippen LogP contribution in [0, 0.1) is 16.0 Å². The normalized spacial score (nSPS) is 18.4. The van der Waals surface area contributed by atoms with Crippen LogP contribution < -0.4 is 15.3 Å². The first-order valence-electron chi connectivity index (χ1n) is 10.9. The molecule has 2 aliphatic rings. The quantitative estimate of drug-likeness (QED) is 0.334. The minimum Gasteiger partial charge on any atom is -0.366 e. The summed E-state index contributed by atoms with van der Waals surface area (Å²) in [6, 6.07) is 12.2. The molecular formula is C24H26N4O4. The third-order valence-corrected chi connectivity index (χ3v) is 6.13. The molecule has 4 rings (SSSR count). The van der Waals surface area contributed by atoms with Gasteiger partial charge in [-0.3, -0.25) is 25.1 Å². The van der Waals surface area contributed by atoms with Gasteiger partial charge in [0.05, 0.1) is 10.6 Å². The lowest BCUT2D eigenvalue weighted by Crippen LogP contribution is -2.35. The molecule has 2 aliphatic heterocycles. The summed E-state index contributed by atoms with van der Waals surface area (Å²) in [4.78, 5) is 38.7. The summed E-state index contributed by atoms with van der Waals surface area (Å²) in [5.41, 5.74) is 5.18. The summed E-state index contributed by atoms with van der Waals surface area (Å²) >= 11 is 0. The number of nitrogens with zero attached hydrogens (tertiary/aromatic N) is 3. The van der Waals surface area contributed by atoms with Crippen LogP contribution in [0.3, 0.4) is 0 Å². The summed E-state index contributed by atoms with van der Waals surface area (Å²) < 4.78 is 0. The van der Waals surface area contributed by atoms with E-state index < -0.39 is 16.7 Å². The van der Waals surface area contributed by atoms with Gasteiger partial charge in [0.25, 0.3) is 17.5 Å². The Labute approximate surface area is 186 Å². The highest BCUT2D eigenvalue weighted by atomic mass is 16.6. The van der Waals surface area contributed by atoms with Crippen LogP contribution >= 0.6 is 0 Å². The number of nitro benzene ring substituents is 1. The molecule has 0 saturated carbocycles. The number of carbonyl (C=O) groups is 2. The molecule has 8 heteroatoms. The van der Waals surface area contributed by atoms with Crippen molar-refractivity contribution in [3.63, 3.8) is 0 Å². The second kappa shape index (κ2) is 8.82. The fourth-order valence-corrected chi connectivity index (χ4v) is 4.08. The zero-order valence-electron chi connectivity index (χ0n) is 18.2. The summed E-state index contributed by atoms with van der Waals surface area (Å²) in [6.45, 7) is 5.77. The fraction of sp³-hybridized carbons (Fsp3) is 0.333. The van der Waals surface area contributed by atoms with E-state index in [1.807, 2.05) is 24.0 Å². The van der Waals surface area contributed by atoms with Gasteiger partial charge in [0.1, 0.15) is 11.3 Å². The van der Waals surface area contributed by atoms with Gasteiger partial charge in [0.15, 0.2) is 0 Å². The Morgan fingerprint density at radius 2 is 1.81 bits per heavy atom. The molecule has 0 aliphatic carbocycles. The lowest BCUT2D eigenvalue weighted by Gasteiger charge is -2.31. The van der Waals surface area contributed by atoms with Crippen molar-refractivity contribution in [3.8, 4) is 0 Å². The van der Waals surface area contributed by atoms with Gasteiger partial charge in [0.2, 0.25) is 0 Å². The van der Waals surface area contributed by atoms with E-state index in [2.05, 4.69) is 12.3 Å². The van der Waals surface area contributed by atoms with Gasteiger partial charge >= 0.3 is 0 Å². The fourth-order valence-electron chi connectivity index (χ4n) is 4.08. The Balaban J connectivity index is 1.61. The van der Waals surface area contributed by atoms with Crippen LogP contribution in [0.25, 0.3) is 6.08 Å². The molecule has 2 aromatic carbocycles.